The van der Waals surface area contributed by atoms with Crippen molar-refractivity contribution >= 4 is 11.9 Å². The second-order valence-corrected chi connectivity index (χ2v) is 10.3. The molecule has 0 bridgehead atoms. The summed E-state index contributed by atoms with van der Waals surface area (Å²) in [5, 5.41) is 12.3. The molecule has 4 rings (SSSR count). The number of carboxylic acids is 1. The summed E-state index contributed by atoms with van der Waals surface area (Å²) in [6.07, 6.45) is 4.97. The van der Waals surface area contributed by atoms with E-state index in [1.54, 1.807) is 6.07 Å². The molecular formula is C33H39NO5. The van der Waals surface area contributed by atoms with Gasteiger partial charge in [0.1, 0.15) is 11.8 Å². The van der Waals surface area contributed by atoms with Crippen LogP contribution in [-0.2, 0) is 22.6 Å². The van der Waals surface area contributed by atoms with Crippen LogP contribution in [0.3, 0.4) is 0 Å². The Morgan fingerprint density at radius 2 is 1.82 bits per heavy atom. The van der Waals surface area contributed by atoms with Crippen molar-refractivity contribution in [2.45, 2.75) is 78.0 Å². The van der Waals surface area contributed by atoms with Gasteiger partial charge in [0.2, 0.25) is 0 Å². The van der Waals surface area contributed by atoms with Crippen molar-refractivity contribution in [1.29, 1.82) is 0 Å². The molecule has 6 heteroatoms. The maximum absolute atomic E-state index is 13.3. The number of unbranched alkanes of at least 4 members (excludes halogenated alkanes) is 1. The summed E-state index contributed by atoms with van der Waals surface area (Å²) < 4.78 is 12.3. The first kappa shape index (κ1) is 28.4. The Hall–Kier alpha value is -3.64. The van der Waals surface area contributed by atoms with Crippen molar-refractivity contribution < 1.29 is 24.2 Å². The number of aryl methyl sites for hydroxylation is 1. The number of carbonyl (C=O) groups excluding carboxylic acids is 1. The Morgan fingerprint density at radius 1 is 1.00 bits per heavy atom. The highest BCUT2D eigenvalue weighted by Gasteiger charge is 2.23. The Morgan fingerprint density at radius 3 is 2.56 bits per heavy atom. The molecule has 2 N–H and O–H groups in total. The predicted molar refractivity (Wildman–Crippen MR) is 153 cm³/mol. The van der Waals surface area contributed by atoms with Gasteiger partial charge >= 0.3 is 5.97 Å². The zero-order valence-corrected chi connectivity index (χ0v) is 23.2. The normalized spacial score (nSPS) is 13.8. The van der Waals surface area contributed by atoms with Gasteiger partial charge < -0.3 is 19.9 Å². The van der Waals surface area contributed by atoms with Crippen LogP contribution in [0, 0.1) is 6.92 Å². The summed E-state index contributed by atoms with van der Waals surface area (Å²) in [4.78, 5) is 25.0. The van der Waals surface area contributed by atoms with E-state index in [0.717, 1.165) is 65.9 Å². The smallest absolute Gasteiger partial charge is 0.326 e. The second kappa shape index (κ2) is 13.4. The van der Waals surface area contributed by atoms with Gasteiger partial charge in [0, 0.05) is 12.0 Å². The molecule has 3 aromatic carbocycles. The molecule has 39 heavy (non-hydrogen) atoms. The van der Waals surface area contributed by atoms with Gasteiger partial charge in [0.05, 0.1) is 19.3 Å². The lowest BCUT2D eigenvalue weighted by atomic mass is 9.93. The number of hydrogen-bond acceptors (Lipinski definition) is 4. The van der Waals surface area contributed by atoms with E-state index in [2.05, 4.69) is 30.4 Å². The van der Waals surface area contributed by atoms with Crippen LogP contribution in [0.15, 0.2) is 60.7 Å². The summed E-state index contributed by atoms with van der Waals surface area (Å²) in [5.41, 5.74) is 6.50. The third-order valence-corrected chi connectivity index (χ3v) is 7.31. The van der Waals surface area contributed by atoms with Crippen LogP contribution in [0.5, 0.6) is 5.75 Å². The third kappa shape index (κ3) is 7.07. The standard InChI is InChI=1S/C33H39NO5/c1-4-6-12-30(25-15-14-24-17-18-38-31(24)20-25)39-21-23-13-16-27(32(35)34-29(9-5-2)33(36)37)28(19-23)26-11-8-7-10-22(26)3/h7-8,10-11,13-16,19-20,29-30H,4-6,9,12,17-18,21H2,1-3H3,(H,34,35)(H,36,37)/t29?,30-/m0/s1. The predicted octanol–water partition coefficient (Wildman–Crippen LogP) is 7.03. The topological polar surface area (TPSA) is 84.9 Å². The Bertz CT molecular complexity index is 1300. The van der Waals surface area contributed by atoms with Crippen molar-refractivity contribution in [3.8, 4) is 16.9 Å². The maximum atomic E-state index is 13.3. The number of carbonyl (C=O) groups is 2. The minimum Gasteiger partial charge on any atom is -0.493 e. The molecule has 0 aromatic heterocycles. The van der Waals surface area contributed by atoms with Crippen LogP contribution in [0.1, 0.15) is 84.7 Å². The first-order valence-electron chi connectivity index (χ1n) is 14.0. The van der Waals surface area contributed by atoms with Crippen molar-refractivity contribution in [2.24, 2.45) is 0 Å². The number of nitrogens with one attached hydrogen (secondary N) is 1. The quantitative estimate of drug-likeness (QED) is 0.248. The molecule has 1 aliphatic rings. The maximum Gasteiger partial charge on any atom is 0.326 e. The molecule has 6 nitrogen and oxygen atoms in total. The van der Waals surface area contributed by atoms with E-state index in [9.17, 15) is 14.7 Å². The van der Waals surface area contributed by atoms with Crippen LogP contribution in [0.2, 0.25) is 0 Å². The molecular weight excluding hydrogens is 490 g/mol. The lowest BCUT2D eigenvalue weighted by Gasteiger charge is -2.20. The van der Waals surface area contributed by atoms with Gasteiger partial charge in [-0.1, -0.05) is 75.6 Å². The number of ether oxygens (including phenoxy) is 2. The van der Waals surface area contributed by atoms with Crippen molar-refractivity contribution in [3.63, 3.8) is 0 Å². The number of carboxylic acid groups (broad SMARTS) is 1. The molecule has 1 unspecified atom stereocenters. The largest absolute Gasteiger partial charge is 0.493 e. The van der Waals surface area contributed by atoms with Crippen LogP contribution in [0.4, 0.5) is 0 Å². The van der Waals surface area contributed by atoms with E-state index < -0.39 is 12.0 Å². The van der Waals surface area contributed by atoms with Crippen LogP contribution in [-0.4, -0.2) is 29.6 Å². The molecule has 0 radical (unpaired) electrons. The Kier molecular flexibility index (Phi) is 9.77. The number of benzene rings is 3. The van der Waals surface area contributed by atoms with E-state index >= 15 is 0 Å². The summed E-state index contributed by atoms with van der Waals surface area (Å²) in [7, 11) is 0. The number of rotatable bonds is 13. The molecule has 2 atom stereocenters. The van der Waals surface area contributed by atoms with Crippen molar-refractivity contribution in [1.82, 2.24) is 5.32 Å². The molecule has 1 heterocycles. The summed E-state index contributed by atoms with van der Waals surface area (Å²) in [6.45, 7) is 7.21. The van der Waals surface area contributed by atoms with E-state index in [-0.39, 0.29) is 12.0 Å². The van der Waals surface area contributed by atoms with Gasteiger partial charge in [-0.25, -0.2) is 4.79 Å². The minimum atomic E-state index is -1.03. The Labute approximate surface area is 231 Å². The average Bonchev–Trinajstić information content (AvgIpc) is 3.41. The number of fused-ring (bicyclic) bond motifs is 1. The highest BCUT2D eigenvalue weighted by atomic mass is 16.5. The fourth-order valence-corrected chi connectivity index (χ4v) is 5.07. The molecule has 0 saturated heterocycles. The highest BCUT2D eigenvalue weighted by molar-refractivity contribution is 6.02. The summed E-state index contributed by atoms with van der Waals surface area (Å²) in [5.74, 6) is -0.458. The summed E-state index contributed by atoms with van der Waals surface area (Å²) in [6, 6.07) is 19.1. The van der Waals surface area contributed by atoms with Gasteiger partial charge in [-0.2, -0.15) is 0 Å². The fraction of sp³-hybridized carbons (Fsp3) is 0.394. The fourth-order valence-electron chi connectivity index (χ4n) is 5.07. The lowest BCUT2D eigenvalue weighted by Crippen LogP contribution is -2.40. The van der Waals surface area contributed by atoms with E-state index in [4.69, 9.17) is 9.47 Å². The molecule has 1 amide bonds. The highest BCUT2D eigenvalue weighted by Crippen LogP contribution is 2.33. The third-order valence-electron chi connectivity index (χ3n) is 7.31. The zero-order valence-electron chi connectivity index (χ0n) is 23.2. The first-order chi connectivity index (χ1) is 18.9. The monoisotopic (exact) mass is 529 g/mol. The lowest BCUT2D eigenvalue weighted by molar-refractivity contribution is -0.139. The molecule has 3 aromatic rings. The van der Waals surface area contributed by atoms with Crippen molar-refractivity contribution in [3.05, 3.63) is 88.5 Å². The number of hydrogen-bond donors (Lipinski definition) is 2. The summed E-state index contributed by atoms with van der Waals surface area (Å²) >= 11 is 0. The van der Waals surface area contributed by atoms with Gasteiger partial charge in [-0.05, 0) is 71.3 Å². The van der Waals surface area contributed by atoms with Gasteiger partial charge in [0.15, 0.2) is 0 Å². The van der Waals surface area contributed by atoms with Gasteiger partial charge in [0.25, 0.3) is 5.91 Å². The number of amides is 1. The first-order valence-corrected chi connectivity index (χ1v) is 14.0. The van der Waals surface area contributed by atoms with Crippen molar-refractivity contribution in [2.75, 3.05) is 6.61 Å². The van der Waals surface area contributed by atoms with Crippen LogP contribution >= 0.6 is 0 Å². The van der Waals surface area contributed by atoms with Gasteiger partial charge in [-0.3, -0.25) is 4.79 Å². The zero-order chi connectivity index (χ0) is 27.8. The molecule has 0 fully saturated rings. The van der Waals surface area contributed by atoms with E-state index in [1.165, 1.54) is 5.56 Å². The molecule has 1 aliphatic heterocycles. The second-order valence-electron chi connectivity index (χ2n) is 10.3. The molecule has 0 aliphatic carbocycles. The molecule has 0 saturated carbocycles. The van der Waals surface area contributed by atoms with Crippen LogP contribution in [0.25, 0.3) is 11.1 Å². The number of aliphatic carboxylic acids is 1. The molecule has 0 spiro atoms. The van der Waals surface area contributed by atoms with Crippen LogP contribution < -0.4 is 10.1 Å². The SMILES string of the molecule is CCCC[C@H](OCc1ccc(C(=O)NC(CCC)C(=O)O)c(-c2ccccc2C)c1)c1ccc2c(c1)OCC2. The molecule has 206 valence electrons. The van der Waals surface area contributed by atoms with Gasteiger partial charge in [-0.15, -0.1) is 0 Å². The average molecular weight is 530 g/mol. The van der Waals surface area contributed by atoms with E-state index in [0.29, 0.717) is 25.0 Å². The Balaban J connectivity index is 1.61. The minimum absolute atomic E-state index is 0.0605. The van der Waals surface area contributed by atoms with E-state index in [1.807, 2.05) is 50.2 Å².